The standard InChI is InChI=1S/C13H11N3O4/c1-20-10-3-6(2-7-4-11(17)14-12(7)10)8-5-9(13(18)19)16-15-8/h2-3,5H,4H2,1H3,(H,14,17)(H,15,16)(H,18,19). The second-order valence-corrected chi connectivity index (χ2v) is 4.41. The number of methoxy groups -OCH3 is 1. The van der Waals surface area contributed by atoms with Gasteiger partial charge in [0.05, 0.1) is 24.9 Å². The minimum absolute atomic E-state index is 0.00802. The van der Waals surface area contributed by atoms with Crippen LogP contribution in [0.3, 0.4) is 0 Å². The van der Waals surface area contributed by atoms with E-state index in [0.717, 1.165) is 5.56 Å². The molecule has 0 bridgehead atoms. The van der Waals surface area contributed by atoms with Crippen molar-refractivity contribution in [2.75, 3.05) is 12.4 Å². The zero-order valence-corrected chi connectivity index (χ0v) is 10.6. The summed E-state index contributed by atoms with van der Waals surface area (Å²) in [5, 5.41) is 18.0. The van der Waals surface area contributed by atoms with E-state index in [1.165, 1.54) is 13.2 Å². The fourth-order valence-corrected chi connectivity index (χ4v) is 2.20. The zero-order chi connectivity index (χ0) is 14.3. The molecule has 0 fully saturated rings. The van der Waals surface area contributed by atoms with Gasteiger partial charge in [0.2, 0.25) is 5.91 Å². The molecule has 0 saturated carbocycles. The summed E-state index contributed by atoms with van der Waals surface area (Å²) in [6.07, 6.45) is 0.274. The molecule has 3 N–H and O–H groups in total. The second-order valence-electron chi connectivity index (χ2n) is 4.41. The van der Waals surface area contributed by atoms with Crippen LogP contribution in [0, 0.1) is 0 Å². The third-order valence-corrected chi connectivity index (χ3v) is 3.12. The van der Waals surface area contributed by atoms with Crippen molar-refractivity contribution in [3.05, 3.63) is 29.5 Å². The Morgan fingerprint density at radius 1 is 1.40 bits per heavy atom. The number of fused-ring (bicyclic) bond motifs is 1. The van der Waals surface area contributed by atoms with Gasteiger partial charge in [-0.25, -0.2) is 4.79 Å². The van der Waals surface area contributed by atoms with E-state index in [0.29, 0.717) is 22.7 Å². The van der Waals surface area contributed by atoms with E-state index in [9.17, 15) is 9.59 Å². The Hall–Kier alpha value is -2.83. The Morgan fingerprint density at radius 3 is 2.85 bits per heavy atom. The van der Waals surface area contributed by atoms with E-state index < -0.39 is 5.97 Å². The highest BCUT2D eigenvalue weighted by molar-refractivity contribution is 6.01. The Balaban J connectivity index is 2.08. The molecule has 102 valence electrons. The molecular weight excluding hydrogens is 262 g/mol. The maximum Gasteiger partial charge on any atom is 0.353 e. The van der Waals surface area contributed by atoms with Gasteiger partial charge in [0, 0.05) is 5.56 Å². The number of aromatic carboxylic acids is 1. The first-order valence-corrected chi connectivity index (χ1v) is 5.88. The van der Waals surface area contributed by atoms with E-state index in [1.807, 2.05) is 0 Å². The van der Waals surface area contributed by atoms with Crippen LogP contribution >= 0.6 is 0 Å². The first kappa shape index (κ1) is 12.2. The number of aromatic nitrogens is 2. The lowest BCUT2D eigenvalue weighted by molar-refractivity contribution is -0.115. The number of carboxylic acid groups (broad SMARTS) is 1. The Kier molecular flexibility index (Phi) is 2.67. The number of carbonyl (C=O) groups is 2. The third kappa shape index (κ3) is 1.89. The summed E-state index contributed by atoms with van der Waals surface area (Å²) in [5.74, 6) is -0.638. The molecule has 0 radical (unpaired) electrons. The highest BCUT2D eigenvalue weighted by Gasteiger charge is 2.23. The van der Waals surface area contributed by atoms with Crippen molar-refractivity contribution in [2.45, 2.75) is 6.42 Å². The summed E-state index contributed by atoms with van der Waals surface area (Å²) in [5.41, 5.74) is 2.66. The molecule has 2 heterocycles. The highest BCUT2D eigenvalue weighted by atomic mass is 16.5. The average Bonchev–Trinajstić information content (AvgIpc) is 3.02. The molecule has 0 atom stereocenters. The van der Waals surface area contributed by atoms with Crippen LogP contribution in [0.2, 0.25) is 0 Å². The SMILES string of the molecule is COc1cc(-c2cc(C(=O)O)[nH]n2)cc2c1NC(=O)C2. The molecule has 1 amide bonds. The molecule has 0 aliphatic carbocycles. The van der Waals surface area contributed by atoms with Crippen LogP contribution in [0.5, 0.6) is 5.75 Å². The number of hydrogen-bond acceptors (Lipinski definition) is 4. The number of carboxylic acids is 1. The predicted molar refractivity (Wildman–Crippen MR) is 69.9 cm³/mol. The number of H-pyrrole nitrogens is 1. The fourth-order valence-electron chi connectivity index (χ4n) is 2.20. The molecule has 0 spiro atoms. The highest BCUT2D eigenvalue weighted by Crippen LogP contribution is 2.37. The minimum Gasteiger partial charge on any atom is -0.495 e. The molecule has 1 aromatic carbocycles. The number of aromatic amines is 1. The predicted octanol–water partition coefficient (Wildman–Crippen LogP) is 1.28. The molecule has 2 aromatic rings. The van der Waals surface area contributed by atoms with Crippen LogP contribution in [0.4, 0.5) is 5.69 Å². The number of rotatable bonds is 3. The van der Waals surface area contributed by atoms with Crippen molar-refractivity contribution in [2.24, 2.45) is 0 Å². The largest absolute Gasteiger partial charge is 0.495 e. The second kappa shape index (κ2) is 4.37. The molecule has 1 aromatic heterocycles. The molecule has 7 heteroatoms. The van der Waals surface area contributed by atoms with E-state index in [4.69, 9.17) is 9.84 Å². The van der Waals surface area contributed by atoms with Crippen LogP contribution in [0.1, 0.15) is 16.1 Å². The monoisotopic (exact) mass is 273 g/mol. The van der Waals surface area contributed by atoms with E-state index in [-0.39, 0.29) is 18.0 Å². The van der Waals surface area contributed by atoms with Gasteiger partial charge in [0.15, 0.2) is 0 Å². The van der Waals surface area contributed by atoms with Crippen molar-refractivity contribution in [3.8, 4) is 17.0 Å². The van der Waals surface area contributed by atoms with Gasteiger partial charge in [-0.05, 0) is 23.8 Å². The van der Waals surface area contributed by atoms with Crippen LogP contribution in [-0.2, 0) is 11.2 Å². The average molecular weight is 273 g/mol. The summed E-state index contributed by atoms with van der Waals surface area (Å²) >= 11 is 0. The van der Waals surface area contributed by atoms with E-state index in [1.54, 1.807) is 12.1 Å². The number of ether oxygens (including phenoxy) is 1. The number of nitrogens with zero attached hydrogens (tertiary/aromatic N) is 1. The minimum atomic E-state index is -1.08. The molecule has 20 heavy (non-hydrogen) atoms. The topological polar surface area (TPSA) is 104 Å². The Labute approximate surface area is 113 Å². The number of benzene rings is 1. The van der Waals surface area contributed by atoms with Gasteiger partial charge >= 0.3 is 5.97 Å². The maximum atomic E-state index is 11.4. The van der Waals surface area contributed by atoms with Gasteiger partial charge in [-0.3, -0.25) is 9.89 Å². The fraction of sp³-hybridized carbons (Fsp3) is 0.154. The van der Waals surface area contributed by atoms with Crippen LogP contribution in [-0.4, -0.2) is 34.3 Å². The van der Waals surface area contributed by atoms with Crippen molar-refractivity contribution >= 4 is 17.6 Å². The van der Waals surface area contributed by atoms with Crippen molar-refractivity contribution in [1.29, 1.82) is 0 Å². The van der Waals surface area contributed by atoms with Crippen molar-refractivity contribution in [3.63, 3.8) is 0 Å². The quantitative estimate of drug-likeness (QED) is 0.781. The normalized spacial score (nSPS) is 12.9. The van der Waals surface area contributed by atoms with Gasteiger partial charge in [-0.1, -0.05) is 0 Å². The summed E-state index contributed by atoms with van der Waals surface area (Å²) in [4.78, 5) is 22.3. The molecule has 1 aliphatic heterocycles. The van der Waals surface area contributed by atoms with Gasteiger partial charge < -0.3 is 15.2 Å². The van der Waals surface area contributed by atoms with Gasteiger partial charge in [0.25, 0.3) is 0 Å². The third-order valence-electron chi connectivity index (χ3n) is 3.12. The number of anilines is 1. The summed E-state index contributed by atoms with van der Waals surface area (Å²) in [6.45, 7) is 0. The van der Waals surface area contributed by atoms with Gasteiger partial charge in [-0.2, -0.15) is 5.10 Å². The number of amides is 1. The van der Waals surface area contributed by atoms with Crippen molar-refractivity contribution < 1.29 is 19.4 Å². The van der Waals surface area contributed by atoms with Crippen LogP contribution in [0.25, 0.3) is 11.3 Å². The lowest BCUT2D eigenvalue weighted by Crippen LogP contribution is -2.04. The zero-order valence-electron chi connectivity index (χ0n) is 10.6. The molecule has 1 aliphatic rings. The summed E-state index contributed by atoms with van der Waals surface area (Å²) in [7, 11) is 1.51. The van der Waals surface area contributed by atoms with E-state index in [2.05, 4.69) is 15.5 Å². The molecule has 3 rings (SSSR count). The smallest absolute Gasteiger partial charge is 0.353 e. The lowest BCUT2D eigenvalue weighted by Gasteiger charge is -2.08. The van der Waals surface area contributed by atoms with Crippen LogP contribution in [0.15, 0.2) is 18.2 Å². The van der Waals surface area contributed by atoms with Crippen molar-refractivity contribution in [1.82, 2.24) is 10.2 Å². The van der Waals surface area contributed by atoms with Gasteiger partial charge in [-0.15, -0.1) is 0 Å². The Bertz CT molecular complexity index is 720. The van der Waals surface area contributed by atoms with Crippen LogP contribution < -0.4 is 10.1 Å². The van der Waals surface area contributed by atoms with E-state index >= 15 is 0 Å². The first-order chi connectivity index (χ1) is 9.58. The summed E-state index contributed by atoms with van der Waals surface area (Å²) in [6, 6.07) is 4.96. The Morgan fingerprint density at radius 2 is 2.20 bits per heavy atom. The molecule has 0 unspecified atom stereocenters. The first-order valence-electron chi connectivity index (χ1n) is 5.88. The molecular formula is C13H11N3O4. The number of nitrogens with one attached hydrogen (secondary N) is 2. The maximum absolute atomic E-state index is 11.4. The summed E-state index contributed by atoms with van der Waals surface area (Å²) < 4.78 is 5.25. The number of hydrogen-bond donors (Lipinski definition) is 3. The number of carbonyl (C=O) groups excluding carboxylic acids is 1. The molecule has 0 saturated heterocycles. The molecule has 7 nitrogen and oxygen atoms in total. The van der Waals surface area contributed by atoms with Gasteiger partial charge in [0.1, 0.15) is 11.4 Å². The lowest BCUT2D eigenvalue weighted by atomic mass is 10.0.